The standard InChI is InChI=1S/C13H16ClNO3/c1-8(2)3-6-12(16)15-9-4-5-10(13(17)18)11(14)7-9/h4-5,7-8H,3,6H2,1-2H3,(H,15,16)(H,17,18). The maximum Gasteiger partial charge on any atom is 0.337 e. The van der Waals surface area contributed by atoms with Crippen LogP contribution in [0.2, 0.25) is 5.02 Å². The van der Waals surface area contributed by atoms with Crippen LogP contribution in [0.25, 0.3) is 0 Å². The predicted molar refractivity (Wildman–Crippen MR) is 71.1 cm³/mol. The molecule has 0 saturated heterocycles. The van der Waals surface area contributed by atoms with Crippen molar-refractivity contribution in [2.24, 2.45) is 5.92 Å². The lowest BCUT2D eigenvalue weighted by molar-refractivity contribution is -0.116. The molecule has 0 unspecified atom stereocenters. The van der Waals surface area contributed by atoms with Gasteiger partial charge in [0, 0.05) is 12.1 Å². The Morgan fingerprint density at radius 2 is 2.06 bits per heavy atom. The Balaban J connectivity index is 2.66. The average Bonchev–Trinajstić information content (AvgIpc) is 2.26. The fraction of sp³-hybridized carbons (Fsp3) is 0.385. The van der Waals surface area contributed by atoms with Gasteiger partial charge in [0.15, 0.2) is 0 Å². The van der Waals surface area contributed by atoms with Crippen LogP contribution in [0.3, 0.4) is 0 Å². The fourth-order valence-corrected chi connectivity index (χ4v) is 1.67. The van der Waals surface area contributed by atoms with Crippen molar-refractivity contribution in [2.75, 3.05) is 5.32 Å². The molecule has 1 rings (SSSR count). The van der Waals surface area contributed by atoms with Gasteiger partial charge in [-0.25, -0.2) is 4.79 Å². The van der Waals surface area contributed by atoms with Gasteiger partial charge in [0.05, 0.1) is 10.6 Å². The van der Waals surface area contributed by atoms with E-state index in [2.05, 4.69) is 5.32 Å². The summed E-state index contributed by atoms with van der Waals surface area (Å²) < 4.78 is 0. The molecule has 18 heavy (non-hydrogen) atoms. The summed E-state index contributed by atoms with van der Waals surface area (Å²) in [5.74, 6) is -0.714. The lowest BCUT2D eigenvalue weighted by atomic mass is 10.1. The van der Waals surface area contributed by atoms with E-state index in [0.29, 0.717) is 18.0 Å². The maximum atomic E-state index is 11.6. The van der Waals surface area contributed by atoms with Crippen molar-refractivity contribution in [2.45, 2.75) is 26.7 Å². The molecule has 0 aromatic heterocycles. The third kappa shape index (κ3) is 4.37. The number of anilines is 1. The van der Waals surface area contributed by atoms with E-state index in [1.54, 1.807) is 0 Å². The Labute approximate surface area is 111 Å². The van der Waals surface area contributed by atoms with Gasteiger partial charge in [-0.05, 0) is 30.5 Å². The number of carboxylic acids is 1. The molecule has 0 atom stereocenters. The van der Waals surface area contributed by atoms with Gasteiger partial charge >= 0.3 is 5.97 Å². The minimum absolute atomic E-state index is 0.0249. The number of benzene rings is 1. The highest BCUT2D eigenvalue weighted by molar-refractivity contribution is 6.33. The van der Waals surface area contributed by atoms with Gasteiger partial charge in [-0.2, -0.15) is 0 Å². The summed E-state index contributed by atoms with van der Waals surface area (Å²) in [5, 5.41) is 11.6. The number of hydrogen-bond donors (Lipinski definition) is 2. The molecule has 0 saturated carbocycles. The topological polar surface area (TPSA) is 66.4 Å². The SMILES string of the molecule is CC(C)CCC(=O)Nc1ccc(C(=O)O)c(Cl)c1. The van der Waals surface area contributed by atoms with Crippen molar-refractivity contribution in [3.8, 4) is 0 Å². The summed E-state index contributed by atoms with van der Waals surface area (Å²) in [6.45, 7) is 4.09. The van der Waals surface area contributed by atoms with Gasteiger partial charge in [0.25, 0.3) is 0 Å². The van der Waals surface area contributed by atoms with Crippen LogP contribution in [0.1, 0.15) is 37.0 Å². The van der Waals surface area contributed by atoms with Crippen LogP contribution in [0, 0.1) is 5.92 Å². The number of halogens is 1. The van der Waals surface area contributed by atoms with Crippen molar-refractivity contribution >= 4 is 29.2 Å². The zero-order valence-corrected chi connectivity index (χ0v) is 11.1. The quantitative estimate of drug-likeness (QED) is 0.861. The average molecular weight is 270 g/mol. The molecular formula is C13H16ClNO3. The van der Waals surface area contributed by atoms with Crippen molar-refractivity contribution in [1.82, 2.24) is 0 Å². The predicted octanol–water partition coefficient (Wildman–Crippen LogP) is 3.41. The number of rotatable bonds is 5. The fourth-order valence-electron chi connectivity index (χ4n) is 1.41. The number of amides is 1. The highest BCUT2D eigenvalue weighted by atomic mass is 35.5. The minimum atomic E-state index is -1.09. The molecule has 2 N–H and O–H groups in total. The third-order valence-corrected chi connectivity index (χ3v) is 2.74. The summed E-state index contributed by atoms with van der Waals surface area (Å²) >= 11 is 5.80. The zero-order chi connectivity index (χ0) is 13.7. The molecule has 98 valence electrons. The van der Waals surface area contributed by atoms with Gasteiger partial charge in [-0.3, -0.25) is 4.79 Å². The lowest BCUT2D eigenvalue weighted by Crippen LogP contribution is -2.12. The van der Waals surface area contributed by atoms with Gasteiger partial charge in [-0.15, -0.1) is 0 Å². The normalized spacial score (nSPS) is 10.4. The molecule has 0 bridgehead atoms. The number of carbonyl (C=O) groups excluding carboxylic acids is 1. The van der Waals surface area contributed by atoms with Crippen molar-refractivity contribution in [3.63, 3.8) is 0 Å². The van der Waals surface area contributed by atoms with E-state index in [9.17, 15) is 9.59 Å². The highest BCUT2D eigenvalue weighted by Gasteiger charge is 2.10. The third-order valence-electron chi connectivity index (χ3n) is 2.43. The molecule has 0 aliphatic rings. The van der Waals surface area contributed by atoms with Gasteiger partial charge in [0.1, 0.15) is 0 Å². The molecule has 0 fully saturated rings. The van der Waals surface area contributed by atoms with Crippen molar-refractivity contribution in [3.05, 3.63) is 28.8 Å². The Morgan fingerprint density at radius 3 is 2.56 bits per heavy atom. The first-order chi connectivity index (χ1) is 8.40. The second kappa shape index (κ2) is 6.40. The Bertz CT molecular complexity index is 458. The number of aromatic carboxylic acids is 1. The van der Waals surface area contributed by atoms with Crippen molar-refractivity contribution < 1.29 is 14.7 Å². The van der Waals surface area contributed by atoms with Crippen LogP contribution < -0.4 is 5.32 Å². The number of hydrogen-bond acceptors (Lipinski definition) is 2. The first-order valence-corrected chi connectivity index (χ1v) is 6.10. The molecule has 5 heteroatoms. The number of nitrogens with one attached hydrogen (secondary N) is 1. The molecule has 0 heterocycles. The Hall–Kier alpha value is -1.55. The van der Waals surface area contributed by atoms with Crippen LogP contribution >= 0.6 is 11.6 Å². The number of carbonyl (C=O) groups is 2. The van der Waals surface area contributed by atoms with Crippen LogP contribution in [0.4, 0.5) is 5.69 Å². The van der Waals surface area contributed by atoms with Crippen LogP contribution in [-0.2, 0) is 4.79 Å². The smallest absolute Gasteiger partial charge is 0.337 e. The molecule has 0 aliphatic heterocycles. The molecule has 4 nitrogen and oxygen atoms in total. The number of carboxylic acid groups (broad SMARTS) is 1. The van der Waals surface area contributed by atoms with Gasteiger partial charge in [0.2, 0.25) is 5.91 Å². The maximum absolute atomic E-state index is 11.6. The molecule has 1 amide bonds. The summed E-state index contributed by atoms with van der Waals surface area (Å²) in [6.07, 6.45) is 1.25. The minimum Gasteiger partial charge on any atom is -0.478 e. The van der Waals surface area contributed by atoms with E-state index in [4.69, 9.17) is 16.7 Å². The van der Waals surface area contributed by atoms with E-state index in [0.717, 1.165) is 6.42 Å². The summed E-state index contributed by atoms with van der Waals surface area (Å²) in [7, 11) is 0. The van der Waals surface area contributed by atoms with E-state index in [1.165, 1.54) is 18.2 Å². The molecule has 0 aliphatic carbocycles. The Morgan fingerprint density at radius 1 is 1.39 bits per heavy atom. The van der Waals surface area contributed by atoms with E-state index in [-0.39, 0.29) is 16.5 Å². The highest BCUT2D eigenvalue weighted by Crippen LogP contribution is 2.21. The molecule has 1 aromatic rings. The van der Waals surface area contributed by atoms with Gasteiger partial charge < -0.3 is 10.4 Å². The van der Waals surface area contributed by atoms with Gasteiger partial charge in [-0.1, -0.05) is 25.4 Å². The van der Waals surface area contributed by atoms with E-state index < -0.39 is 5.97 Å². The van der Waals surface area contributed by atoms with E-state index >= 15 is 0 Å². The Kier molecular flexibility index (Phi) is 5.16. The summed E-state index contributed by atoms with van der Waals surface area (Å²) in [5.41, 5.74) is 0.538. The van der Waals surface area contributed by atoms with Crippen molar-refractivity contribution in [1.29, 1.82) is 0 Å². The van der Waals surface area contributed by atoms with E-state index in [1.807, 2.05) is 13.8 Å². The first kappa shape index (κ1) is 14.5. The molecule has 0 radical (unpaired) electrons. The monoisotopic (exact) mass is 269 g/mol. The summed E-state index contributed by atoms with van der Waals surface area (Å²) in [4.78, 5) is 22.3. The van der Waals surface area contributed by atoms with Crippen LogP contribution in [-0.4, -0.2) is 17.0 Å². The first-order valence-electron chi connectivity index (χ1n) is 5.73. The second-order valence-corrected chi connectivity index (χ2v) is 4.89. The van der Waals surface area contributed by atoms with Crippen LogP contribution in [0.15, 0.2) is 18.2 Å². The summed E-state index contributed by atoms with van der Waals surface area (Å²) in [6, 6.07) is 4.35. The molecular weight excluding hydrogens is 254 g/mol. The largest absolute Gasteiger partial charge is 0.478 e. The second-order valence-electron chi connectivity index (χ2n) is 4.48. The lowest BCUT2D eigenvalue weighted by Gasteiger charge is -2.08. The molecule has 0 spiro atoms. The zero-order valence-electron chi connectivity index (χ0n) is 10.4. The molecule has 1 aromatic carbocycles. The van der Waals surface area contributed by atoms with Crippen LogP contribution in [0.5, 0.6) is 0 Å².